The Morgan fingerprint density at radius 3 is 2.49 bits per heavy atom. The van der Waals surface area contributed by atoms with E-state index in [0.717, 1.165) is 36.8 Å². The maximum Gasteiger partial charge on any atom is 0.438 e. The van der Waals surface area contributed by atoms with Gasteiger partial charge in [0, 0.05) is 59.6 Å². The number of nitrogens with one attached hydrogen (secondary N) is 1. The topological polar surface area (TPSA) is 178 Å². The van der Waals surface area contributed by atoms with Gasteiger partial charge in [-0.3, -0.25) is 33.1 Å². The molecule has 4 aliphatic rings. The van der Waals surface area contributed by atoms with Gasteiger partial charge >= 0.3 is 11.4 Å². The molecule has 4 atom stereocenters. The van der Waals surface area contributed by atoms with Gasteiger partial charge in [0.05, 0.1) is 70.7 Å². The number of aromatic amines is 1. The van der Waals surface area contributed by atoms with Crippen LogP contribution in [0.2, 0.25) is 0 Å². The summed E-state index contributed by atoms with van der Waals surface area (Å²) in [6.45, 7) is 6.49. The van der Waals surface area contributed by atoms with Gasteiger partial charge in [-0.25, -0.2) is 23.1 Å². The van der Waals surface area contributed by atoms with Crippen molar-refractivity contribution in [1.82, 2.24) is 53.3 Å². The van der Waals surface area contributed by atoms with Crippen LogP contribution < -0.4 is 11.4 Å². The SMILES string of the molecule is Cc1cc(-n2nc(CI)c([C@@H]3COCCN3C(=O)c3cc4cc([C@H]5CCOC6(CC6)C5)ncc4n3[C@@]3(c4noc(=O)[nH]4)C[C@@H]3C)c2-n2ccn(-c3ccc4c(cnn4C)c3F)c2=O)cc(C)c1F. The van der Waals surface area contributed by atoms with Crippen LogP contribution in [0.15, 0.2) is 75.3 Å². The number of aryl methyl sites for hydroxylation is 3. The van der Waals surface area contributed by atoms with E-state index < -0.39 is 28.8 Å². The summed E-state index contributed by atoms with van der Waals surface area (Å²) in [5.41, 5.74) is 3.30. The number of fused-ring (bicyclic) bond motifs is 2. The van der Waals surface area contributed by atoms with Crippen LogP contribution in [0.1, 0.15) is 95.4 Å². The van der Waals surface area contributed by atoms with Gasteiger partial charge in [0.1, 0.15) is 22.9 Å². The molecule has 2 aromatic carbocycles. The fourth-order valence-corrected chi connectivity index (χ4v) is 11.5. The van der Waals surface area contributed by atoms with Crippen LogP contribution >= 0.6 is 22.6 Å². The number of amides is 1. The van der Waals surface area contributed by atoms with Gasteiger partial charge in [-0.1, -0.05) is 34.7 Å². The summed E-state index contributed by atoms with van der Waals surface area (Å²) in [4.78, 5) is 52.8. The molecule has 8 heterocycles. The van der Waals surface area contributed by atoms with E-state index in [1.54, 1.807) is 59.6 Å². The van der Waals surface area contributed by atoms with Crippen LogP contribution in [0.3, 0.4) is 0 Å². The minimum absolute atomic E-state index is 0.0216. The molecular formula is C48H46F2IN11O6. The third-order valence-electron chi connectivity index (χ3n) is 14.8. The summed E-state index contributed by atoms with van der Waals surface area (Å²) in [7, 11) is 1.71. The Morgan fingerprint density at radius 1 is 0.985 bits per heavy atom. The van der Waals surface area contributed by atoms with Crippen molar-refractivity contribution in [3.63, 3.8) is 0 Å². The van der Waals surface area contributed by atoms with Crippen LogP contribution in [0, 0.1) is 31.4 Å². The van der Waals surface area contributed by atoms with E-state index in [1.165, 1.54) is 27.6 Å². The second-order valence-electron chi connectivity index (χ2n) is 18.9. The van der Waals surface area contributed by atoms with Crippen molar-refractivity contribution in [2.75, 3.05) is 26.4 Å². The number of aromatic nitrogens is 10. The van der Waals surface area contributed by atoms with Crippen LogP contribution in [-0.2, 0) is 26.5 Å². The standard InChI is InChI=1S/C48H46F2IN11O6/c1-25-15-30(16-26(2)40(25)49)62-42(60-11-10-59(46(60)65)35-6-5-34-31(41(35)50)22-53-57(34)4)39(33(21-51)55-62)38-24-66-14-12-58(38)43(63)36-18-29-17-32(28-7-13-67-47(20-28)8-9-47)52-23-37(29)61(36)48(19-27(48)3)44-54-45(64)68-56-44/h5-6,10-11,15-18,22-23,27-28,38H,7-9,12-14,19-21,24H2,1-4H3,(H,54,56,64)/t27-,28-,38-,48-/m0/s1. The third-order valence-corrected chi connectivity index (χ3v) is 15.5. The first-order valence-corrected chi connectivity index (χ1v) is 24.3. The molecule has 2 saturated carbocycles. The van der Waals surface area contributed by atoms with E-state index in [9.17, 15) is 9.59 Å². The molecule has 1 N–H and O–H groups in total. The van der Waals surface area contributed by atoms with Crippen LogP contribution in [0.25, 0.3) is 39.0 Å². The van der Waals surface area contributed by atoms with E-state index >= 15 is 13.6 Å². The van der Waals surface area contributed by atoms with Crippen molar-refractivity contribution in [1.29, 1.82) is 0 Å². The van der Waals surface area contributed by atoms with Gasteiger partial charge < -0.3 is 18.9 Å². The molecule has 1 amide bonds. The zero-order valence-electron chi connectivity index (χ0n) is 37.6. The maximum atomic E-state index is 16.3. The Hall–Kier alpha value is -6.26. The highest BCUT2D eigenvalue weighted by Gasteiger charge is 2.59. The summed E-state index contributed by atoms with van der Waals surface area (Å²) < 4.78 is 57.0. The van der Waals surface area contributed by atoms with Gasteiger partial charge in [0.15, 0.2) is 11.6 Å². The van der Waals surface area contributed by atoms with E-state index in [0.29, 0.717) is 68.1 Å². The number of ether oxygens (including phenoxy) is 2. The number of alkyl halides is 1. The molecule has 68 heavy (non-hydrogen) atoms. The molecule has 8 aromatic rings. The molecule has 350 valence electrons. The van der Waals surface area contributed by atoms with Crippen molar-refractivity contribution in [3.05, 3.63) is 133 Å². The first kappa shape index (κ1) is 43.0. The maximum absolute atomic E-state index is 16.3. The van der Waals surface area contributed by atoms with Gasteiger partial charge in [0.25, 0.3) is 5.91 Å². The minimum Gasteiger partial charge on any atom is -0.377 e. The van der Waals surface area contributed by atoms with Crippen molar-refractivity contribution >= 4 is 50.3 Å². The molecule has 20 heteroatoms. The predicted molar refractivity (Wildman–Crippen MR) is 252 cm³/mol. The van der Waals surface area contributed by atoms with Gasteiger partial charge in [-0.15, -0.1) is 0 Å². The molecule has 12 rings (SSSR count). The average Bonchev–Trinajstić information content (AvgIpc) is 3.75. The van der Waals surface area contributed by atoms with Crippen LogP contribution in [-0.4, -0.2) is 91.2 Å². The Morgan fingerprint density at radius 2 is 1.76 bits per heavy atom. The van der Waals surface area contributed by atoms with E-state index in [-0.39, 0.29) is 65.8 Å². The monoisotopic (exact) mass is 1040 g/mol. The molecule has 2 saturated heterocycles. The molecule has 4 fully saturated rings. The highest BCUT2D eigenvalue weighted by atomic mass is 127. The number of carbonyl (C=O) groups excluding carboxylic acids is 1. The summed E-state index contributed by atoms with van der Waals surface area (Å²) in [6.07, 6.45) is 10.7. The Kier molecular flexibility index (Phi) is 9.90. The molecule has 6 aromatic heterocycles. The lowest BCUT2D eigenvalue weighted by Crippen LogP contribution is -2.45. The fraction of sp³-hybridized carbons (Fsp3) is 0.396. The first-order chi connectivity index (χ1) is 32.8. The second-order valence-corrected chi connectivity index (χ2v) is 19.6. The quantitative estimate of drug-likeness (QED) is 0.117. The number of pyridine rings is 1. The number of halogens is 3. The molecule has 17 nitrogen and oxygen atoms in total. The number of rotatable bonds is 9. The highest BCUT2D eigenvalue weighted by Crippen LogP contribution is 2.56. The first-order valence-electron chi connectivity index (χ1n) is 22.8. The zero-order valence-corrected chi connectivity index (χ0v) is 39.8. The summed E-state index contributed by atoms with van der Waals surface area (Å²) in [6, 6.07) is 9.74. The zero-order chi connectivity index (χ0) is 47.0. The lowest BCUT2D eigenvalue weighted by Gasteiger charge is -2.36. The third kappa shape index (κ3) is 6.52. The number of morpholine rings is 1. The number of nitrogens with zero attached hydrogens (tertiary/aromatic N) is 10. The fourth-order valence-electron chi connectivity index (χ4n) is 11.0. The molecule has 0 radical (unpaired) electrons. The van der Waals surface area contributed by atoms with Crippen molar-refractivity contribution < 1.29 is 27.6 Å². The van der Waals surface area contributed by atoms with Crippen molar-refractivity contribution in [2.45, 2.75) is 80.4 Å². The summed E-state index contributed by atoms with van der Waals surface area (Å²) >= 11 is 2.21. The normalized spacial score (nSPS) is 22.2. The minimum atomic E-state index is -0.924. The Balaban J connectivity index is 1.03. The Bertz CT molecular complexity index is 3480. The van der Waals surface area contributed by atoms with E-state index in [2.05, 4.69) is 43.9 Å². The number of carbonyl (C=O) groups is 1. The lowest BCUT2D eigenvalue weighted by molar-refractivity contribution is -0.0137. The van der Waals surface area contributed by atoms with Gasteiger partial charge in [0.2, 0.25) is 0 Å². The lowest BCUT2D eigenvalue weighted by atomic mass is 9.90. The van der Waals surface area contributed by atoms with Crippen molar-refractivity contribution in [3.8, 4) is 17.2 Å². The van der Waals surface area contributed by atoms with E-state index in [1.807, 2.05) is 23.8 Å². The number of benzene rings is 2. The van der Waals surface area contributed by atoms with E-state index in [4.69, 9.17) is 24.1 Å². The smallest absolute Gasteiger partial charge is 0.377 e. The summed E-state index contributed by atoms with van der Waals surface area (Å²) in [5.74, 6) is -1.26. The second kappa shape index (κ2) is 15.6. The van der Waals surface area contributed by atoms with Crippen molar-refractivity contribution in [2.24, 2.45) is 13.0 Å². The van der Waals surface area contributed by atoms with Crippen LogP contribution in [0.5, 0.6) is 0 Å². The molecule has 0 bridgehead atoms. The highest BCUT2D eigenvalue weighted by molar-refractivity contribution is 14.1. The molecule has 1 spiro atoms. The van der Waals surface area contributed by atoms with Gasteiger partial charge in [-0.05, 0) is 99.4 Å². The number of H-pyrrole nitrogens is 1. The summed E-state index contributed by atoms with van der Waals surface area (Å²) in [5, 5.41) is 14.6. The average molecular weight is 1040 g/mol. The van der Waals surface area contributed by atoms with Crippen LogP contribution in [0.4, 0.5) is 8.78 Å². The number of hydrogen-bond donors (Lipinski definition) is 1. The molecule has 2 aliphatic heterocycles. The molecule has 0 unspecified atom stereocenters. The molecule has 2 aliphatic carbocycles. The van der Waals surface area contributed by atoms with Gasteiger partial charge in [-0.2, -0.15) is 10.2 Å². The molecular weight excluding hydrogens is 991 g/mol. The largest absolute Gasteiger partial charge is 0.438 e. The Labute approximate surface area is 399 Å². The predicted octanol–water partition coefficient (Wildman–Crippen LogP) is 6.98. The number of imidazole rings is 1. The number of hydrogen-bond acceptors (Lipinski definition) is 10.